The number of nitrogens with one attached hydrogen (secondary N) is 1. The van der Waals surface area contributed by atoms with Crippen molar-refractivity contribution in [1.82, 2.24) is 9.36 Å². The molecule has 0 aliphatic carbocycles. The van der Waals surface area contributed by atoms with Gasteiger partial charge >= 0.3 is 0 Å². The molecule has 0 unspecified atom stereocenters. The van der Waals surface area contributed by atoms with E-state index in [0.29, 0.717) is 22.0 Å². The normalized spacial score (nSPS) is 15.4. The Morgan fingerprint density at radius 2 is 1.83 bits per heavy atom. The van der Waals surface area contributed by atoms with Gasteiger partial charge in [0.25, 0.3) is 11.5 Å². The number of nitrogens with zero attached hydrogens (tertiary/aromatic N) is 3. The van der Waals surface area contributed by atoms with Gasteiger partial charge in [-0.05, 0) is 55.1 Å². The van der Waals surface area contributed by atoms with E-state index in [1.165, 1.54) is 29.0 Å². The Hall–Kier alpha value is -3.23. The molecule has 2 heterocycles. The maximum absolute atomic E-state index is 13.2. The topological polar surface area (TPSA) is 91.3 Å². The van der Waals surface area contributed by atoms with Gasteiger partial charge in [0.1, 0.15) is 11.4 Å². The Morgan fingerprint density at radius 1 is 1.13 bits per heavy atom. The molecule has 1 aromatic heterocycles. The number of aromatic hydroxyl groups is 1. The zero-order chi connectivity index (χ0) is 21.6. The summed E-state index contributed by atoms with van der Waals surface area (Å²) >= 11 is 6.90. The third kappa shape index (κ3) is 3.24. The Labute approximate surface area is 181 Å². The predicted molar refractivity (Wildman–Crippen MR) is 120 cm³/mol. The number of rotatable bonds is 3. The molecule has 0 bridgehead atoms. The number of benzene rings is 2. The van der Waals surface area contributed by atoms with E-state index >= 15 is 0 Å². The van der Waals surface area contributed by atoms with E-state index in [1.807, 2.05) is 18.2 Å². The Balaban J connectivity index is 1.80. The van der Waals surface area contributed by atoms with Gasteiger partial charge in [0.15, 0.2) is 5.17 Å². The van der Waals surface area contributed by atoms with Crippen molar-refractivity contribution < 1.29 is 9.90 Å². The number of amidine groups is 1. The lowest BCUT2D eigenvalue weighted by Gasteiger charge is -2.12. The van der Waals surface area contributed by atoms with E-state index in [-0.39, 0.29) is 21.5 Å². The highest BCUT2D eigenvalue weighted by Gasteiger charge is 2.38. The first-order valence-corrected chi connectivity index (χ1v) is 10.1. The maximum Gasteiger partial charge on any atom is 0.296 e. The second-order valence-electron chi connectivity index (χ2n) is 6.67. The van der Waals surface area contributed by atoms with Gasteiger partial charge < -0.3 is 5.11 Å². The van der Waals surface area contributed by atoms with E-state index in [9.17, 15) is 14.7 Å². The summed E-state index contributed by atoms with van der Waals surface area (Å²) in [5.41, 5.74) is 1.30. The van der Waals surface area contributed by atoms with E-state index in [4.69, 9.17) is 17.0 Å². The Bertz CT molecular complexity index is 1280. The van der Waals surface area contributed by atoms with Crippen LogP contribution in [-0.2, 0) is 11.8 Å². The Morgan fingerprint density at radius 3 is 2.53 bits per heavy atom. The number of halogens is 1. The number of hydrogen-bond donors (Lipinski definition) is 2. The van der Waals surface area contributed by atoms with Gasteiger partial charge in [-0.3, -0.25) is 19.7 Å². The minimum atomic E-state index is -0.504. The van der Waals surface area contributed by atoms with Gasteiger partial charge in [-0.15, -0.1) is 0 Å². The van der Waals surface area contributed by atoms with E-state index < -0.39 is 11.5 Å². The second-order valence-corrected chi connectivity index (χ2v) is 8.14. The van der Waals surface area contributed by atoms with Crippen LogP contribution in [0, 0.1) is 12.3 Å². The first-order valence-electron chi connectivity index (χ1n) is 8.94. The highest BCUT2D eigenvalue weighted by atomic mass is 35.5. The number of aromatic nitrogens is 2. The third-order valence-corrected chi connectivity index (χ3v) is 5.97. The number of thioether (sulfide) groups is 1. The van der Waals surface area contributed by atoms with Crippen LogP contribution in [0.2, 0.25) is 5.02 Å². The minimum absolute atomic E-state index is 0.0346. The molecule has 1 aliphatic heterocycles. The average Bonchev–Trinajstić information content (AvgIpc) is 3.11. The summed E-state index contributed by atoms with van der Waals surface area (Å²) < 4.78 is 3.11. The highest BCUT2D eigenvalue weighted by Crippen LogP contribution is 2.37. The van der Waals surface area contributed by atoms with Crippen LogP contribution >= 0.6 is 23.4 Å². The monoisotopic (exact) mass is 440 g/mol. The summed E-state index contributed by atoms with van der Waals surface area (Å²) in [5.74, 6) is -0.539. The van der Waals surface area contributed by atoms with Gasteiger partial charge in [-0.2, -0.15) is 0 Å². The van der Waals surface area contributed by atoms with Crippen molar-refractivity contribution in [2.45, 2.75) is 6.92 Å². The molecule has 0 spiro atoms. The molecule has 0 radical (unpaired) electrons. The highest BCUT2D eigenvalue weighted by molar-refractivity contribution is 8.19. The molecule has 1 fully saturated rings. The van der Waals surface area contributed by atoms with Crippen LogP contribution in [0.5, 0.6) is 5.75 Å². The molecule has 4 rings (SSSR count). The molecule has 1 aliphatic rings. The molecular weight excluding hydrogens is 424 g/mol. The number of para-hydroxylation sites is 1. The van der Waals surface area contributed by atoms with Crippen molar-refractivity contribution >= 4 is 46.2 Å². The molecule has 7 nitrogen and oxygen atoms in total. The molecule has 152 valence electrons. The fourth-order valence-electron chi connectivity index (χ4n) is 3.28. The molecule has 1 saturated heterocycles. The number of carbonyl (C=O) groups excluding carboxylic acids is 1. The lowest BCUT2D eigenvalue weighted by atomic mass is 10.2. The van der Waals surface area contributed by atoms with Crippen LogP contribution in [-0.4, -0.2) is 25.5 Å². The van der Waals surface area contributed by atoms with Crippen molar-refractivity contribution in [1.29, 1.82) is 5.41 Å². The predicted octanol–water partition coefficient (Wildman–Crippen LogP) is 3.90. The molecule has 30 heavy (non-hydrogen) atoms. The Kier molecular flexibility index (Phi) is 5.05. The first kappa shape index (κ1) is 20.1. The molecule has 1 amide bonds. The molecule has 0 saturated carbocycles. The van der Waals surface area contributed by atoms with Crippen molar-refractivity contribution in [3.63, 3.8) is 0 Å². The zero-order valence-corrected chi connectivity index (χ0v) is 17.7. The zero-order valence-electron chi connectivity index (χ0n) is 16.1. The smallest absolute Gasteiger partial charge is 0.296 e. The van der Waals surface area contributed by atoms with Gasteiger partial charge in [0.2, 0.25) is 0 Å². The molecule has 2 aromatic carbocycles. The van der Waals surface area contributed by atoms with Crippen molar-refractivity contribution in [3.8, 4) is 11.4 Å². The molecular formula is C21H17ClN4O3S. The quantitative estimate of drug-likeness (QED) is 0.604. The number of anilines is 1. The average molecular weight is 441 g/mol. The van der Waals surface area contributed by atoms with E-state index in [1.54, 1.807) is 30.8 Å². The number of phenols is 1. The molecule has 3 aromatic rings. The van der Waals surface area contributed by atoms with Crippen LogP contribution in [0.3, 0.4) is 0 Å². The fraction of sp³-hybridized carbons (Fsp3) is 0.0952. The van der Waals surface area contributed by atoms with Gasteiger partial charge in [-0.25, -0.2) is 9.58 Å². The largest absolute Gasteiger partial charge is 0.507 e. The molecule has 0 atom stereocenters. The first-order chi connectivity index (χ1) is 14.3. The minimum Gasteiger partial charge on any atom is -0.507 e. The van der Waals surface area contributed by atoms with Crippen LogP contribution in [0.25, 0.3) is 11.8 Å². The van der Waals surface area contributed by atoms with Crippen LogP contribution in [0.1, 0.15) is 11.3 Å². The van der Waals surface area contributed by atoms with E-state index in [0.717, 1.165) is 16.7 Å². The summed E-state index contributed by atoms with van der Waals surface area (Å²) in [5, 5.41) is 18.7. The second kappa shape index (κ2) is 7.55. The summed E-state index contributed by atoms with van der Waals surface area (Å²) in [4.78, 5) is 27.6. The van der Waals surface area contributed by atoms with Crippen molar-refractivity contribution in [2.24, 2.45) is 7.05 Å². The number of hydrogen-bond acceptors (Lipinski definition) is 5. The number of amides is 1. The van der Waals surface area contributed by atoms with Crippen molar-refractivity contribution in [2.75, 3.05) is 4.90 Å². The number of phenolic OH excluding ortho intramolecular Hbond substituents is 1. The van der Waals surface area contributed by atoms with Crippen molar-refractivity contribution in [3.05, 3.63) is 80.1 Å². The third-order valence-electron chi connectivity index (χ3n) is 4.85. The SMILES string of the molecule is Cc1c(N2C(=N)S/C(=C\c3cc(Cl)ccc3O)C2=O)c(=O)n(-c2ccccc2)n1C. The molecule has 2 N–H and O–H groups in total. The lowest BCUT2D eigenvalue weighted by molar-refractivity contribution is -0.113. The van der Waals surface area contributed by atoms with Gasteiger partial charge in [-0.1, -0.05) is 29.8 Å². The summed E-state index contributed by atoms with van der Waals surface area (Å²) in [7, 11) is 1.73. The maximum atomic E-state index is 13.2. The number of carbonyl (C=O) groups is 1. The van der Waals surface area contributed by atoms with Gasteiger partial charge in [0.05, 0.1) is 16.3 Å². The summed E-state index contributed by atoms with van der Waals surface area (Å²) in [6.45, 7) is 1.73. The molecule has 9 heteroatoms. The van der Waals surface area contributed by atoms with Crippen LogP contribution in [0.15, 0.2) is 58.2 Å². The van der Waals surface area contributed by atoms with E-state index in [2.05, 4.69) is 0 Å². The standard InChI is InChI=1S/C21H17ClN4O3S/c1-12-18(20(29)26(24(12)2)15-6-4-3-5-7-15)25-19(28)17(30-21(25)23)11-13-10-14(22)8-9-16(13)27/h3-11,23,27H,1-2H3/b17-11-,23-21?. The lowest BCUT2D eigenvalue weighted by Crippen LogP contribution is -2.33. The van der Waals surface area contributed by atoms with Gasteiger partial charge in [0, 0.05) is 17.6 Å². The van der Waals surface area contributed by atoms with Crippen LogP contribution in [0.4, 0.5) is 5.69 Å². The summed E-state index contributed by atoms with van der Waals surface area (Å²) in [6.07, 6.45) is 1.47. The van der Waals surface area contributed by atoms with Crippen LogP contribution < -0.4 is 10.5 Å². The summed E-state index contributed by atoms with van der Waals surface area (Å²) in [6, 6.07) is 13.6. The fourth-order valence-corrected chi connectivity index (χ4v) is 4.30.